The molecule has 0 spiro atoms. The molecule has 0 aromatic heterocycles. The molecule has 1 aromatic carbocycles. The maximum Gasteiger partial charge on any atom is 0.123 e. The summed E-state index contributed by atoms with van der Waals surface area (Å²) in [5, 5.41) is 13.0. The van der Waals surface area contributed by atoms with Crippen LogP contribution in [0.15, 0.2) is 18.2 Å². The van der Waals surface area contributed by atoms with Gasteiger partial charge >= 0.3 is 0 Å². The standard InChI is InChI=1S/C14H20FNO/c1-10-3-2-4-13(7-10)16-9-11-8-12(15)5-6-14(11)17/h5-6,8,10,13,16-17H,2-4,7,9H2,1H3. The lowest BCUT2D eigenvalue weighted by molar-refractivity contribution is 0.299. The second-order valence-corrected chi connectivity index (χ2v) is 5.12. The van der Waals surface area contributed by atoms with Gasteiger partial charge in [0.1, 0.15) is 11.6 Å². The van der Waals surface area contributed by atoms with E-state index in [1.807, 2.05) is 0 Å². The van der Waals surface area contributed by atoms with E-state index < -0.39 is 0 Å². The summed E-state index contributed by atoms with van der Waals surface area (Å²) in [6.07, 6.45) is 4.92. The molecule has 0 radical (unpaired) electrons. The molecule has 3 heteroatoms. The maximum absolute atomic E-state index is 13.0. The highest BCUT2D eigenvalue weighted by atomic mass is 19.1. The van der Waals surface area contributed by atoms with Gasteiger partial charge in [0.05, 0.1) is 0 Å². The van der Waals surface area contributed by atoms with Crippen LogP contribution in [-0.4, -0.2) is 11.1 Å². The van der Waals surface area contributed by atoms with E-state index in [-0.39, 0.29) is 11.6 Å². The van der Waals surface area contributed by atoms with Crippen LogP contribution in [-0.2, 0) is 6.54 Å². The summed E-state index contributed by atoms with van der Waals surface area (Å²) in [6.45, 7) is 2.81. The van der Waals surface area contributed by atoms with Gasteiger partial charge in [-0.15, -0.1) is 0 Å². The third-order valence-corrected chi connectivity index (χ3v) is 3.56. The molecule has 1 fully saturated rings. The first-order valence-corrected chi connectivity index (χ1v) is 6.36. The van der Waals surface area contributed by atoms with E-state index in [4.69, 9.17) is 0 Å². The summed E-state index contributed by atoms with van der Waals surface area (Å²) in [5.41, 5.74) is 0.642. The Kier molecular flexibility index (Phi) is 4.00. The summed E-state index contributed by atoms with van der Waals surface area (Å²) in [6, 6.07) is 4.59. The van der Waals surface area contributed by atoms with Crippen molar-refractivity contribution in [3.05, 3.63) is 29.6 Å². The van der Waals surface area contributed by atoms with Crippen LogP contribution in [0.1, 0.15) is 38.2 Å². The Morgan fingerprint density at radius 1 is 1.41 bits per heavy atom. The third kappa shape index (κ3) is 3.43. The molecule has 0 aliphatic heterocycles. The smallest absolute Gasteiger partial charge is 0.123 e. The average Bonchev–Trinajstić information content (AvgIpc) is 2.30. The van der Waals surface area contributed by atoms with Crippen LogP contribution in [0.2, 0.25) is 0 Å². The van der Waals surface area contributed by atoms with Crippen LogP contribution in [0.25, 0.3) is 0 Å². The van der Waals surface area contributed by atoms with Gasteiger partial charge in [0, 0.05) is 18.2 Å². The van der Waals surface area contributed by atoms with Crippen molar-refractivity contribution in [2.24, 2.45) is 5.92 Å². The molecular formula is C14H20FNO. The lowest BCUT2D eigenvalue weighted by Crippen LogP contribution is -2.33. The molecule has 2 N–H and O–H groups in total. The second kappa shape index (κ2) is 5.50. The molecule has 0 bridgehead atoms. The largest absolute Gasteiger partial charge is 0.508 e. The SMILES string of the molecule is CC1CCCC(NCc2cc(F)ccc2O)C1. The number of phenols is 1. The Balaban J connectivity index is 1.90. The Morgan fingerprint density at radius 2 is 2.24 bits per heavy atom. The lowest BCUT2D eigenvalue weighted by Gasteiger charge is -2.27. The average molecular weight is 237 g/mol. The zero-order valence-corrected chi connectivity index (χ0v) is 10.2. The first-order chi connectivity index (χ1) is 8.15. The Hall–Kier alpha value is -1.09. The predicted octanol–water partition coefficient (Wildman–Crippen LogP) is 3.20. The number of hydrogen-bond acceptors (Lipinski definition) is 2. The Labute approximate surface area is 102 Å². The first kappa shape index (κ1) is 12.4. The fraction of sp³-hybridized carbons (Fsp3) is 0.571. The predicted molar refractivity (Wildman–Crippen MR) is 66.3 cm³/mol. The third-order valence-electron chi connectivity index (χ3n) is 3.56. The quantitative estimate of drug-likeness (QED) is 0.846. The molecule has 1 aliphatic carbocycles. The number of rotatable bonds is 3. The zero-order valence-electron chi connectivity index (χ0n) is 10.2. The van der Waals surface area contributed by atoms with Crippen molar-refractivity contribution in [1.29, 1.82) is 0 Å². The highest BCUT2D eigenvalue weighted by Gasteiger charge is 2.18. The highest BCUT2D eigenvalue weighted by Crippen LogP contribution is 2.24. The fourth-order valence-corrected chi connectivity index (χ4v) is 2.57. The van der Waals surface area contributed by atoms with E-state index in [0.29, 0.717) is 18.2 Å². The zero-order chi connectivity index (χ0) is 12.3. The number of hydrogen-bond donors (Lipinski definition) is 2. The highest BCUT2D eigenvalue weighted by molar-refractivity contribution is 5.32. The van der Waals surface area contributed by atoms with E-state index in [9.17, 15) is 9.50 Å². The van der Waals surface area contributed by atoms with Gasteiger partial charge in [0.2, 0.25) is 0 Å². The number of aromatic hydroxyl groups is 1. The Bertz CT molecular complexity index is 380. The lowest BCUT2D eigenvalue weighted by atomic mass is 9.87. The molecular weight excluding hydrogens is 217 g/mol. The fourth-order valence-electron chi connectivity index (χ4n) is 2.57. The van der Waals surface area contributed by atoms with Gasteiger partial charge in [-0.05, 0) is 37.0 Å². The van der Waals surface area contributed by atoms with Gasteiger partial charge in [-0.25, -0.2) is 4.39 Å². The molecule has 2 atom stereocenters. The van der Waals surface area contributed by atoms with Crippen LogP contribution >= 0.6 is 0 Å². The number of halogens is 1. The van der Waals surface area contributed by atoms with Crippen LogP contribution in [0.5, 0.6) is 5.75 Å². The molecule has 1 saturated carbocycles. The van der Waals surface area contributed by atoms with Crippen molar-refractivity contribution in [2.45, 2.75) is 45.2 Å². The van der Waals surface area contributed by atoms with Crippen LogP contribution in [0, 0.1) is 11.7 Å². The van der Waals surface area contributed by atoms with Crippen molar-refractivity contribution < 1.29 is 9.50 Å². The van der Waals surface area contributed by atoms with Crippen molar-refractivity contribution >= 4 is 0 Å². The normalized spacial score (nSPS) is 24.8. The van der Waals surface area contributed by atoms with Gasteiger partial charge in [-0.2, -0.15) is 0 Å². The van der Waals surface area contributed by atoms with E-state index in [1.165, 1.54) is 43.9 Å². The molecule has 0 heterocycles. The Morgan fingerprint density at radius 3 is 3.00 bits per heavy atom. The molecule has 0 amide bonds. The van der Waals surface area contributed by atoms with E-state index in [1.54, 1.807) is 0 Å². The van der Waals surface area contributed by atoms with Crippen LogP contribution < -0.4 is 5.32 Å². The summed E-state index contributed by atoms with van der Waals surface area (Å²) in [4.78, 5) is 0. The number of nitrogens with one attached hydrogen (secondary N) is 1. The van der Waals surface area contributed by atoms with E-state index in [0.717, 1.165) is 5.92 Å². The van der Waals surface area contributed by atoms with Crippen molar-refractivity contribution in [2.75, 3.05) is 0 Å². The maximum atomic E-state index is 13.0. The molecule has 1 aromatic rings. The summed E-state index contributed by atoms with van der Waals surface area (Å²) in [5.74, 6) is 0.640. The minimum Gasteiger partial charge on any atom is -0.508 e. The first-order valence-electron chi connectivity index (χ1n) is 6.36. The van der Waals surface area contributed by atoms with Crippen LogP contribution in [0.3, 0.4) is 0 Å². The molecule has 94 valence electrons. The monoisotopic (exact) mass is 237 g/mol. The van der Waals surface area contributed by atoms with Gasteiger partial charge < -0.3 is 10.4 Å². The van der Waals surface area contributed by atoms with Crippen LogP contribution in [0.4, 0.5) is 4.39 Å². The molecule has 2 rings (SSSR count). The van der Waals surface area contributed by atoms with Gasteiger partial charge in [0.25, 0.3) is 0 Å². The van der Waals surface area contributed by atoms with Gasteiger partial charge in [-0.1, -0.05) is 19.8 Å². The summed E-state index contributed by atoms with van der Waals surface area (Å²) in [7, 11) is 0. The second-order valence-electron chi connectivity index (χ2n) is 5.12. The van der Waals surface area contributed by atoms with Crippen molar-refractivity contribution in [3.63, 3.8) is 0 Å². The summed E-state index contributed by atoms with van der Waals surface area (Å²) >= 11 is 0. The van der Waals surface area contributed by atoms with Gasteiger partial charge in [0.15, 0.2) is 0 Å². The minimum absolute atomic E-state index is 0.169. The molecule has 1 aliphatic rings. The minimum atomic E-state index is -0.295. The van der Waals surface area contributed by atoms with Crippen molar-refractivity contribution in [3.8, 4) is 5.75 Å². The number of benzene rings is 1. The van der Waals surface area contributed by atoms with Crippen molar-refractivity contribution in [1.82, 2.24) is 5.32 Å². The topological polar surface area (TPSA) is 32.3 Å². The molecule has 2 unspecified atom stereocenters. The van der Waals surface area contributed by atoms with E-state index >= 15 is 0 Å². The van der Waals surface area contributed by atoms with Gasteiger partial charge in [-0.3, -0.25) is 0 Å². The molecule has 2 nitrogen and oxygen atoms in total. The molecule has 0 saturated heterocycles. The molecule has 17 heavy (non-hydrogen) atoms. The van der Waals surface area contributed by atoms with E-state index in [2.05, 4.69) is 12.2 Å². The summed E-state index contributed by atoms with van der Waals surface area (Å²) < 4.78 is 13.0. The number of phenolic OH excluding ortho intramolecular Hbond substituents is 1.